The number of ether oxygens (including phenoxy) is 2. The zero-order chi connectivity index (χ0) is 26.0. The number of carbonyl (C=O) groups is 2. The number of carbonyl (C=O) groups excluding carboxylic acids is 2. The molecule has 5 unspecified atom stereocenters. The van der Waals surface area contributed by atoms with Gasteiger partial charge in [0.2, 0.25) is 5.91 Å². The second-order valence-electron chi connectivity index (χ2n) is 11.2. The molecule has 1 aliphatic heterocycles. The van der Waals surface area contributed by atoms with Gasteiger partial charge in [-0.15, -0.1) is 0 Å². The quantitative estimate of drug-likeness (QED) is 0.203. The summed E-state index contributed by atoms with van der Waals surface area (Å²) in [7, 11) is 0. The van der Waals surface area contributed by atoms with Gasteiger partial charge in [-0.3, -0.25) is 9.59 Å². The van der Waals surface area contributed by atoms with Crippen molar-refractivity contribution in [3.05, 3.63) is 5.84 Å². The van der Waals surface area contributed by atoms with Gasteiger partial charge in [-0.1, -0.05) is 41.5 Å². The molecule has 0 aliphatic carbocycles. The van der Waals surface area contributed by atoms with E-state index >= 15 is 0 Å². The number of aliphatic hydroxyl groups is 3. The molecule has 5 atom stereocenters. The van der Waals surface area contributed by atoms with E-state index in [4.69, 9.17) is 21.1 Å². The molecule has 0 spiro atoms. The molecule has 0 aromatic rings. The molecule has 11 nitrogen and oxygen atoms in total. The van der Waals surface area contributed by atoms with E-state index in [0.29, 0.717) is 13.0 Å². The van der Waals surface area contributed by atoms with E-state index in [-0.39, 0.29) is 45.2 Å². The number of rotatable bonds is 10. The summed E-state index contributed by atoms with van der Waals surface area (Å²) in [6.07, 6.45) is -6.97. The predicted molar refractivity (Wildman–Crippen MR) is 122 cm³/mol. The molecule has 1 saturated heterocycles. The van der Waals surface area contributed by atoms with Crippen LogP contribution in [0.3, 0.4) is 0 Å². The third kappa shape index (κ3) is 7.39. The van der Waals surface area contributed by atoms with Crippen LogP contribution in [0.15, 0.2) is 0 Å². The van der Waals surface area contributed by atoms with Crippen molar-refractivity contribution in [1.29, 1.82) is 0 Å². The van der Waals surface area contributed by atoms with Gasteiger partial charge in [0.15, 0.2) is 6.10 Å². The summed E-state index contributed by atoms with van der Waals surface area (Å²) >= 11 is 0. The maximum Gasteiger partial charge on any atom is 0.252 e. The molecule has 2 amide bonds. The molecule has 0 saturated carbocycles. The van der Waals surface area contributed by atoms with Crippen LogP contribution in [0.25, 0.3) is 5.84 Å². The van der Waals surface area contributed by atoms with Gasteiger partial charge in [0.05, 0.1) is 5.60 Å². The molecule has 34 heavy (non-hydrogen) atoms. The van der Waals surface area contributed by atoms with Crippen LogP contribution in [0, 0.1) is 16.2 Å². The molecule has 0 bridgehead atoms. The van der Waals surface area contributed by atoms with Gasteiger partial charge >= 0.3 is 0 Å². The summed E-state index contributed by atoms with van der Waals surface area (Å²) in [4.78, 5) is 24.5. The molecule has 8 N–H and O–H groups in total. The normalized spacial score (nSPS) is 26.4. The van der Waals surface area contributed by atoms with Gasteiger partial charge in [0.25, 0.3) is 5.91 Å². The first-order chi connectivity index (χ1) is 14.8. The molecule has 1 heterocycles. The summed E-state index contributed by atoms with van der Waals surface area (Å²) in [5, 5.41) is 32.5. The van der Waals surface area contributed by atoms with E-state index in [1.165, 1.54) is 0 Å². The molecular formula is C22H43N4O7Y-. The van der Waals surface area contributed by atoms with E-state index in [1.807, 2.05) is 47.0 Å². The van der Waals surface area contributed by atoms with E-state index in [1.54, 1.807) is 13.8 Å². The molecule has 0 aromatic carbocycles. The van der Waals surface area contributed by atoms with Gasteiger partial charge in [-0.05, 0) is 31.1 Å². The molecule has 12 heteroatoms. The average molecular weight is 565 g/mol. The van der Waals surface area contributed by atoms with Crippen LogP contribution in [-0.2, 0) is 51.8 Å². The Morgan fingerprint density at radius 2 is 1.53 bits per heavy atom. The Bertz CT molecular complexity index is 703. The second kappa shape index (κ2) is 12.3. The van der Waals surface area contributed by atoms with Crippen molar-refractivity contribution in [2.75, 3.05) is 13.2 Å². The Kier molecular flexibility index (Phi) is 12.3. The van der Waals surface area contributed by atoms with E-state index in [9.17, 15) is 24.9 Å². The van der Waals surface area contributed by atoms with Crippen molar-refractivity contribution in [3.63, 3.8) is 0 Å². The smallest absolute Gasteiger partial charge is 0.252 e. The van der Waals surface area contributed by atoms with Crippen molar-refractivity contribution in [2.45, 2.75) is 98.1 Å². The van der Waals surface area contributed by atoms with Crippen molar-refractivity contribution in [3.8, 4) is 0 Å². The summed E-state index contributed by atoms with van der Waals surface area (Å²) in [5.41, 5.74) is 5.14. The molecule has 1 aliphatic rings. The van der Waals surface area contributed by atoms with Crippen molar-refractivity contribution >= 4 is 11.8 Å². The topological polar surface area (TPSA) is 187 Å². The number of nitrogens with two attached hydrogens (primary N) is 1. The van der Waals surface area contributed by atoms with E-state index < -0.39 is 58.4 Å². The minimum absolute atomic E-state index is 0. The molecule has 1 radical (unpaired) electrons. The van der Waals surface area contributed by atoms with Gasteiger partial charge in [-0.25, -0.2) is 0 Å². The van der Waals surface area contributed by atoms with Crippen molar-refractivity contribution in [1.82, 2.24) is 10.7 Å². The zero-order valence-electron chi connectivity index (χ0n) is 21.6. The third-order valence-electron chi connectivity index (χ3n) is 7.73. The van der Waals surface area contributed by atoms with E-state index in [2.05, 4.69) is 5.32 Å². The summed E-state index contributed by atoms with van der Waals surface area (Å²) in [6, 6.07) is 0. The van der Waals surface area contributed by atoms with Crippen LogP contribution in [0.4, 0.5) is 0 Å². The summed E-state index contributed by atoms with van der Waals surface area (Å²) in [5.74, 6) is 6.05. The first-order valence-corrected chi connectivity index (χ1v) is 11.2. The minimum atomic E-state index is -1.61. The maximum atomic E-state index is 12.7. The molecule has 1 fully saturated rings. The standard InChI is InChI=1S/C22H43N4O7.Y/c1-19(2,18(31)26-24)9-10-32-22(7,8)21(5,6)20(3,4)11-25-17(30)15-13(28)12(27)14(29)16(23)33-15;/h12-16,24,27-29H,9-11,23H2,1-8H3,(H,25,30)(H,26,31);/q-1;. The molecule has 1 rings (SSSR count). The largest absolute Gasteiger partial charge is 0.584 e. The van der Waals surface area contributed by atoms with Gasteiger partial charge in [0, 0.05) is 51.3 Å². The first kappa shape index (κ1) is 33.8. The van der Waals surface area contributed by atoms with Gasteiger partial charge in [-0.2, -0.15) is 0 Å². The Labute approximate surface area is 227 Å². The number of hydrogen-bond donors (Lipinski definition) is 6. The Hall–Kier alpha value is -0.236. The van der Waals surface area contributed by atoms with E-state index in [0.717, 1.165) is 0 Å². The Morgan fingerprint density at radius 1 is 1.00 bits per heavy atom. The molecular weight excluding hydrogens is 521 g/mol. The number of aliphatic hydroxyl groups excluding tert-OH is 3. The predicted octanol–water partition coefficient (Wildman–Crippen LogP) is 0.214. The summed E-state index contributed by atoms with van der Waals surface area (Å²) in [6.45, 7) is 15.9. The Balaban J connectivity index is 0.0000109. The first-order valence-electron chi connectivity index (χ1n) is 11.2. The van der Waals surface area contributed by atoms with Crippen molar-refractivity contribution in [2.24, 2.45) is 22.0 Å². The number of nitrogens with one attached hydrogen (secondary N) is 3. The number of amides is 2. The molecule has 197 valence electrons. The minimum Gasteiger partial charge on any atom is -0.584 e. The summed E-state index contributed by atoms with van der Waals surface area (Å²) < 4.78 is 11.4. The number of hydrogen-bond acceptors (Lipinski definition) is 8. The zero-order valence-corrected chi connectivity index (χ0v) is 24.5. The van der Waals surface area contributed by atoms with Crippen LogP contribution in [-0.4, -0.2) is 76.5 Å². The van der Waals surface area contributed by atoms with Crippen LogP contribution < -0.4 is 16.5 Å². The van der Waals surface area contributed by atoms with Crippen LogP contribution in [0.5, 0.6) is 0 Å². The average Bonchev–Trinajstić information content (AvgIpc) is 2.71. The third-order valence-corrected chi connectivity index (χ3v) is 7.73. The Morgan fingerprint density at radius 3 is 2.03 bits per heavy atom. The SMILES string of the molecule is CC(C)(CCOC(C)(C)C(C)(C)C(C)(C)CNC(=O)C1OC(N)C(O)C(O)C1O)C(=O)N[NH-].[Y]. The fourth-order valence-electron chi connectivity index (χ4n) is 3.59. The monoisotopic (exact) mass is 564 g/mol. The van der Waals surface area contributed by atoms with Crippen LogP contribution >= 0.6 is 0 Å². The maximum absolute atomic E-state index is 12.7. The fraction of sp³-hybridized carbons (Fsp3) is 0.909. The van der Waals surface area contributed by atoms with Gasteiger partial charge in [0.1, 0.15) is 24.5 Å². The second-order valence-corrected chi connectivity index (χ2v) is 11.2. The fourth-order valence-corrected chi connectivity index (χ4v) is 3.59. The molecule has 0 aromatic heterocycles. The van der Waals surface area contributed by atoms with Crippen LogP contribution in [0.1, 0.15) is 61.8 Å². The van der Waals surface area contributed by atoms with Crippen molar-refractivity contribution < 1.29 is 67.1 Å². The van der Waals surface area contributed by atoms with Crippen LogP contribution in [0.2, 0.25) is 0 Å². The van der Waals surface area contributed by atoms with Gasteiger partial charge < -0.3 is 47.1 Å².